The Morgan fingerprint density at radius 1 is 0.732 bits per heavy atom. The van der Waals surface area contributed by atoms with E-state index < -0.39 is 24.4 Å². The zero-order valence-electron chi connectivity index (χ0n) is 22.5. The van der Waals surface area contributed by atoms with Crippen molar-refractivity contribution in [2.75, 3.05) is 13.2 Å². The molecule has 2 amide bonds. The molecule has 0 fully saturated rings. The van der Waals surface area contributed by atoms with Crippen molar-refractivity contribution >= 4 is 35.6 Å². The van der Waals surface area contributed by atoms with Gasteiger partial charge in [-0.3, -0.25) is 9.59 Å². The first-order valence-corrected chi connectivity index (χ1v) is 13.6. The number of hydrogen-bond donors (Lipinski definition) is 6. The smallest absolute Gasteiger partial charge is 0.285 e. The lowest BCUT2D eigenvalue weighted by Gasteiger charge is -2.10. The molecule has 2 aromatic carbocycles. The van der Waals surface area contributed by atoms with Gasteiger partial charge in [0.2, 0.25) is 0 Å². The van der Waals surface area contributed by atoms with Crippen molar-refractivity contribution in [3.8, 4) is 11.5 Å². The average Bonchev–Trinajstić information content (AvgIpc) is 3.33. The Kier molecular flexibility index (Phi) is 11.9. The van der Waals surface area contributed by atoms with Crippen LogP contribution in [0.15, 0.2) is 58.7 Å². The van der Waals surface area contributed by atoms with E-state index in [1.807, 2.05) is 13.8 Å². The molecule has 218 valence electrons. The molecule has 0 aliphatic heterocycles. The van der Waals surface area contributed by atoms with E-state index in [0.717, 1.165) is 11.3 Å². The van der Waals surface area contributed by atoms with Crippen LogP contribution in [-0.4, -0.2) is 57.9 Å². The van der Waals surface area contributed by atoms with Crippen molar-refractivity contribution in [3.63, 3.8) is 0 Å². The van der Waals surface area contributed by atoms with Crippen molar-refractivity contribution in [3.05, 3.63) is 80.5 Å². The van der Waals surface area contributed by atoms with E-state index in [2.05, 4.69) is 21.1 Å². The number of nitrogens with zero attached hydrogens (tertiary/aromatic N) is 2. The predicted molar refractivity (Wildman–Crippen MR) is 153 cm³/mol. The number of thiophene rings is 1. The topological polar surface area (TPSA) is 182 Å². The summed E-state index contributed by atoms with van der Waals surface area (Å²) in [6.07, 6.45) is 0.899. The third-order valence-corrected chi connectivity index (χ3v) is 6.51. The van der Waals surface area contributed by atoms with Crippen LogP contribution >= 0.6 is 11.3 Å². The maximum atomic E-state index is 13.1. The van der Waals surface area contributed by atoms with E-state index in [0.29, 0.717) is 35.1 Å². The molecular weight excluding hydrogens is 552 g/mol. The molecule has 0 saturated heterocycles. The summed E-state index contributed by atoms with van der Waals surface area (Å²) in [6.45, 7) is 4.37. The number of carbonyl (C=O) groups excluding carboxylic acids is 2. The minimum Gasteiger partial charge on any atom is -0.488 e. The van der Waals surface area contributed by atoms with Gasteiger partial charge in [-0.05, 0) is 24.0 Å². The molecule has 0 bridgehead atoms. The fourth-order valence-electron chi connectivity index (χ4n) is 3.31. The summed E-state index contributed by atoms with van der Waals surface area (Å²) >= 11 is 0.873. The van der Waals surface area contributed by atoms with Gasteiger partial charge in [0.25, 0.3) is 11.8 Å². The number of amides is 2. The van der Waals surface area contributed by atoms with Crippen molar-refractivity contribution < 1.29 is 39.5 Å². The molecule has 1 aromatic heterocycles. The highest BCUT2D eigenvalue weighted by Gasteiger charge is 2.29. The first kappa shape index (κ1) is 31.4. The largest absolute Gasteiger partial charge is 0.488 e. The summed E-state index contributed by atoms with van der Waals surface area (Å²) < 4.78 is 11.7. The molecule has 0 radical (unpaired) electrons. The summed E-state index contributed by atoms with van der Waals surface area (Å²) in [6, 6.07) is 12.5. The number of ether oxygens (including phenoxy) is 2. The van der Waals surface area contributed by atoms with Crippen LogP contribution in [0, 0.1) is 0 Å². The monoisotopic (exact) mass is 584 g/mol. The quantitative estimate of drug-likeness (QED) is 0.0950. The van der Waals surface area contributed by atoms with E-state index in [1.165, 1.54) is 36.7 Å². The number of rotatable bonds is 14. The molecule has 6 N–H and O–H groups in total. The summed E-state index contributed by atoms with van der Waals surface area (Å²) in [5.74, 6) is -0.970. The Morgan fingerprint density at radius 2 is 1.10 bits per heavy atom. The number of aliphatic hydroxyl groups excluding tert-OH is 2. The Labute approximate surface area is 240 Å². The Hall–Kier alpha value is -4.14. The average molecular weight is 585 g/mol. The summed E-state index contributed by atoms with van der Waals surface area (Å²) in [5.41, 5.74) is 6.69. The fourth-order valence-corrected chi connectivity index (χ4v) is 4.28. The normalized spacial score (nSPS) is 11.5. The second kappa shape index (κ2) is 15.6. The van der Waals surface area contributed by atoms with Crippen LogP contribution in [0.1, 0.15) is 80.9 Å². The molecule has 12 nitrogen and oxygen atoms in total. The van der Waals surface area contributed by atoms with E-state index >= 15 is 0 Å². The minimum atomic E-state index is -1.59. The van der Waals surface area contributed by atoms with Crippen molar-refractivity contribution in [1.82, 2.24) is 10.9 Å². The lowest BCUT2D eigenvalue weighted by molar-refractivity contribution is -0.0430. The number of benzene rings is 2. The van der Waals surface area contributed by atoms with Crippen LogP contribution in [0.5, 0.6) is 11.5 Å². The van der Waals surface area contributed by atoms with Gasteiger partial charge in [0, 0.05) is 11.1 Å². The highest BCUT2D eigenvalue weighted by atomic mass is 32.1. The zero-order chi connectivity index (χ0) is 29.8. The third kappa shape index (κ3) is 8.93. The summed E-state index contributed by atoms with van der Waals surface area (Å²) in [4.78, 5) is 26.4. The van der Waals surface area contributed by atoms with Crippen molar-refractivity contribution in [2.45, 2.75) is 39.3 Å². The van der Waals surface area contributed by atoms with Crippen LogP contribution in [0.25, 0.3) is 0 Å². The SMILES string of the molecule is CCCOc1c(C(=O)N/N=C\c2ccc(C(O)O)cc2)sc(C(=O)N/N=C\c2ccc(C(O)O)cc2)c1OCCC. The number of nitrogens with one attached hydrogen (secondary N) is 2. The molecule has 0 aliphatic carbocycles. The van der Waals surface area contributed by atoms with Gasteiger partial charge < -0.3 is 29.9 Å². The second-order valence-corrected chi connectivity index (χ2v) is 9.62. The van der Waals surface area contributed by atoms with E-state index in [-0.39, 0.29) is 34.5 Å². The Bertz CT molecular complexity index is 1250. The number of carbonyl (C=O) groups is 2. The first-order chi connectivity index (χ1) is 19.7. The lowest BCUT2D eigenvalue weighted by Crippen LogP contribution is -2.17. The molecule has 3 rings (SSSR count). The first-order valence-electron chi connectivity index (χ1n) is 12.8. The zero-order valence-corrected chi connectivity index (χ0v) is 23.3. The summed E-state index contributed by atoms with van der Waals surface area (Å²) in [7, 11) is 0. The number of hydrazone groups is 2. The molecule has 0 aliphatic rings. The lowest BCUT2D eigenvalue weighted by atomic mass is 10.1. The molecule has 0 spiro atoms. The van der Waals surface area contributed by atoms with Gasteiger partial charge in [-0.2, -0.15) is 10.2 Å². The molecule has 3 aromatic rings. The molecule has 13 heteroatoms. The van der Waals surface area contributed by atoms with Crippen LogP contribution in [0.2, 0.25) is 0 Å². The molecule has 0 atom stereocenters. The Balaban J connectivity index is 1.81. The fraction of sp³-hybridized carbons (Fsp3) is 0.286. The van der Waals surface area contributed by atoms with Gasteiger partial charge in [0.1, 0.15) is 9.75 Å². The highest BCUT2D eigenvalue weighted by Crippen LogP contribution is 2.42. The van der Waals surface area contributed by atoms with Crippen LogP contribution in [0.3, 0.4) is 0 Å². The standard InChI is InChI=1S/C28H32N4O8S/c1-3-13-39-21-22(40-14-4-2)24(26(34)32-30-16-18-7-11-20(12-8-18)28(37)38)41-23(21)25(33)31-29-15-17-5-9-19(10-6-17)27(35)36/h5-12,15-16,27-28,35-38H,3-4,13-14H2,1-2H3,(H,31,33)(H,32,34)/b29-15-,30-16-. The number of hydrogen-bond acceptors (Lipinski definition) is 11. The summed E-state index contributed by atoms with van der Waals surface area (Å²) in [5, 5.41) is 44.8. The maximum Gasteiger partial charge on any atom is 0.285 e. The van der Waals surface area contributed by atoms with Gasteiger partial charge in [-0.15, -0.1) is 11.3 Å². The molecule has 1 heterocycles. The molecule has 0 saturated carbocycles. The molecular formula is C28H32N4O8S. The van der Waals surface area contributed by atoms with Crippen LogP contribution in [-0.2, 0) is 0 Å². The molecule has 0 unspecified atom stereocenters. The van der Waals surface area contributed by atoms with Gasteiger partial charge in [-0.25, -0.2) is 10.9 Å². The van der Waals surface area contributed by atoms with Crippen molar-refractivity contribution in [2.24, 2.45) is 10.2 Å². The second-order valence-electron chi connectivity index (χ2n) is 8.59. The molecule has 41 heavy (non-hydrogen) atoms. The van der Waals surface area contributed by atoms with Gasteiger partial charge >= 0.3 is 0 Å². The van der Waals surface area contributed by atoms with Gasteiger partial charge in [0.05, 0.1) is 25.6 Å². The maximum absolute atomic E-state index is 13.1. The van der Waals surface area contributed by atoms with Crippen molar-refractivity contribution in [1.29, 1.82) is 0 Å². The minimum absolute atomic E-state index is 0.0905. The van der Waals surface area contributed by atoms with Crippen LogP contribution in [0.4, 0.5) is 0 Å². The van der Waals surface area contributed by atoms with E-state index in [4.69, 9.17) is 9.47 Å². The number of aliphatic hydroxyl groups is 4. The van der Waals surface area contributed by atoms with E-state index in [1.54, 1.807) is 24.3 Å². The van der Waals surface area contributed by atoms with Gasteiger partial charge in [0.15, 0.2) is 24.1 Å². The predicted octanol–water partition coefficient (Wildman–Crippen LogP) is 2.82. The van der Waals surface area contributed by atoms with Crippen LogP contribution < -0.4 is 20.3 Å². The Morgan fingerprint density at radius 3 is 1.41 bits per heavy atom. The van der Waals surface area contributed by atoms with Gasteiger partial charge in [-0.1, -0.05) is 62.4 Å². The third-order valence-electron chi connectivity index (χ3n) is 5.36. The van der Waals surface area contributed by atoms with E-state index in [9.17, 15) is 30.0 Å². The highest BCUT2D eigenvalue weighted by molar-refractivity contribution is 7.16.